The second kappa shape index (κ2) is 4.70. The summed E-state index contributed by atoms with van der Waals surface area (Å²) in [6, 6.07) is 8.76. The van der Waals surface area contributed by atoms with Crippen LogP contribution in [-0.4, -0.2) is 6.10 Å². The molecule has 1 atom stereocenters. The fraction of sp³-hybridized carbons (Fsp3) is 0.400. The molecule has 1 nitrogen and oxygen atoms in total. The quantitative estimate of drug-likeness (QED) is 0.769. The monoisotopic (exact) mass is 275 g/mol. The van der Waals surface area contributed by atoms with Gasteiger partial charge >= 0.3 is 0 Å². The van der Waals surface area contributed by atoms with Gasteiger partial charge in [0.05, 0.1) is 9.67 Å². The molecular weight excluding hydrogens is 263 g/mol. The van der Waals surface area contributed by atoms with Crippen LogP contribution in [0.1, 0.15) is 20.3 Å². The van der Waals surface area contributed by atoms with E-state index in [9.17, 15) is 0 Å². The highest BCUT2D eigenvalue weighted by Gasteiger charge is 2.03. The molecular formula is C10H12IO. The van der Waals surface area contributed by atoms with Gasteiger partial charge in [0.15, 0.2) is 0 Å². The summed E-state index contributed by atoms with van der Waals surface area (Å²) in [4.78, 5) is 0. The van der Waals surface area contributed by atoms with E-state index in [1.54, 1.807) is 0 Å². The molecule has 0 aromatic heterocycles. The van der Waals surface area contributed by atoms with Crippen molar-refractivity contribution in [3.05, 3.63) is 27.8 Å². The molecule has 1 aromatic rings. The number of hydrogen-bond donors (Lipinski definition) is 0. The van der Waals surface area contributed by atoms with Crippen LogP contribution in [-0.2, 0) is 0 Å². The summed E-state index contributed by atoms with van der Waals surface area (Å²) < 4.78 is 6.79. The molecule has 0 spiro atoms. The SMILES string of the molecule is CCC(C)Oc1cc[c]cc1I. The van der Waals surface area contributed by atoms with Gasteiger partial charge in [-0.25, -0.2) is 0 Å². The first-order chi connectivity index (χ1) is 5.74. The van der Waals surface area contributed by atoms with Crippen LogP contribution in [0.5, 0.6) is 5.75 Å². The predicted octanol–water partition coefficient (Wildman–Crippen LogP) is 3.27. The zero-order chi connectivity index (χ0) is 8.97. The fourth-order valence-electron chi connectivity index (χ4n) is 0.791. The maximum atomic E-state index is 5.67. The number of halogens is 1. The van der Waals surface area contributed by atoms with Crippen molar-refractivity contribution in [2.75, 3.05) is 0 Å². The maximum absolute atomic E-state index is 5.67. The molecule has 0 amide bonds. The van der Waals surface area contributed by atoms with E-state index in [1.807, 2.05) is 18.2 Å². The van der Waals surface area contributed by atoms with E-state index in [1.165, 1.54) is 0 Å². The normalized spacial score (nSPS) is 12.6. The highest BCUT2D eigenvalue weighted by atomic mass is 127. The van der Waals surface area contributed by atoms with Crippen LogP contribution in [0.3, 0.4) is 0 Å². The summed E-state index contributed by atoms with van der Waals surface area (Å²) in [6.07, 6.45) is 1.33. The third-order valence-corrected chi connectivity index (χ3v) is 2.52. The minimum atomic E-state index is 0.293. The molecule has 0 aliphatic heterocycles. The average molecular weight is 275 g/mol. The van der Waals surface area contributed by atoms with Crippen LogP contribution in [0.25, 0.3) is 0 Å². The lowest BCUT2D eigenvalue weighted by molar-refractivity contribution is 0.216. The second-order valence-corrected chi connectivity index (χ2v) is 3.86. The molecule has 0 aliphatic rings. The van der Waals surface area contributed by atoms with Crippen LogP contribution in [0, 0.1) is 9.64 Å². The first-order valence-corrected chi connectivity index (χ1v) is 5.14. The largest absolute Gasteiger partial charge is 0.490 e. The first-order valence-electron chi connectivity index (χ1n) is 4.06. The van der Waals surface area contributed by atoms with Crippen LogP contribution in [0.2, 0.25) is 0 Å². The van der Waals surface area contributed by atoms with Crippen molar-refractivity contribution in [3.8, 4) is 5.75 Å². The van der Waals surface area contributed by atoms with Crippen molar-refractivity contribution in [1.82, 2.24) is 0 Å². The highest BCUT2D eigenvalue weighted by molar-refractivity contribution is 14.1. The summed E-state index contributed by atoms with van der Waals surface area (Å²) in [6.45, 7) is 4.19. The Kier molecular flexibility index (Phi) is 3.85. The van der Waals surface area contributed by atoms with Gasteiger partial charge in [-0.2, -0.15) is 0 Å². The zero-order valence-corrected chi connectivity index (χ0v) is 9.46. The Balaban J connectivity index is 2.69. The molecule has 0 saturated heterocycles. The molecule has 12 heavy (non-hydrogen) atoms. The maximum Gasteiger partial charge on any atom is 0.133 e. The van der Waals surface area contributed by atoms with Crippen LogP contribution < -0.4 is 4.74 Å². The summed E-state index contributed by atoms with van der Waals surface area (Å²) in [5.41, 5.74) is 0. The van der Waals surface area contributed by atoms with Crippen molar-refractivity contribution in [3.63, 3.8) is 0 Å². The average Bonchev–Trinajstić information content (AvgIpc) is 2.09. The Hall–Kier alpha value is -0.250. The van der Waals surface area contributed by atoms with Gasteiger partial charge in [0.25, 0.3) is 0 Å². The number of ether oxygens (including phenoxy) is 1. The van der Waals surface area contributed by atoms with E-state index in [-0.39, 0.29) is 0 Å². The third kappa shape index (κ3) is 2.66. The van der Waals surface area contributed by atoms with Crippen molar-refractivity contribution < 1.29 is 4.74 Å². The molecule has 0 fully saturated rings. The topological polar surface area (TPSA) is 9.23 Å². The Bertz CT molecular complexity index is 247. The third-order valence-electron chi connectivity index (χ3n) is 1.68. The molecule has 0 N–H and O–H groups in total. The number of benzene rings is 1. The van der Waals surface area contributed by atoms with Gasteiger partial charge in [0.1, 0.15) is 5.75 Å². The van der Waals surface area contributed by atoms with Gasteiger partial charge in [0, 0.05) is 0 Å². The van der Waals surface area contributed by atoms with E-state index in [4.69, 9.17) is 4.74 Å². The Labute approximate surface area is 87.3 Å². The van der Waals surface area contributed by atoms with Crippen molar-refractivity contribution in [2.45, 2.75) is 26.4 Å². The minimum Gasteiger partial charge on any atom is -0.490 e. The van der Waals surface area contributed by atoms with Crippen LogP contribution >= 0.6 is 22.6 Å². The Morgan fingerprint density at radius 3 is 3.00 bits per heavy atom. The zero-order valence-electron chi connectivity index (χ0n) is 7.30. The van der Waals surface area contributed by atoms with Crippen molar-refractivity contribution >= 4 is 22.6 Å². The van der Waals surface area contributed by atoms with Gasteiger partial charge in [0.2, 0.25) is 0 Å². The van der Waals surface area contributed by atoms with Gasteiger partial charge in [-0.05, 0) is 54.1 Å². The molecule has 0 aliphatic carbocycles. The van der Waals surface area contributed by atoms with E-state index in [0.29, 0.717) is 6.10 Å². The van der Waals surface area contributed by atoms with Crippen molar-refractivity contribution in [2.24, 2.45) is 0 Å². The molecule has 1 radical (unpaired) electrons. The Morgan fingerprint density at radius 2 is 2.42 bits per heavy atom. The standard InChI is InChI=1S/C10H12IO/c1-3-8(2)12-10-7-5-4-6-9(10)11/h5-8H,3H2,1-2H3. The molecule has 65 valence electrons. The minimum absolute atomic E-state index is 0.293. The summed E-state index contributed by atoms with van der Waals surface area (Å²) in [5.74, 6) is 0.962. The van der Waals surface area contributed by atoms with Crippen LogP contribution in [0.4, 0.5) is 0 Å². The van der Waals surface area contributed by atoms with Crippen LogP contribution in [0.15, 0.2) is 18.2 Å². The van der Waals surface area contributed by atoms with Gasteiger partial charge in [-0.3, -0.25) is 0 Å². The van der Waals surface area contributed by atoms with Gasteiger partial charge < -0.3 is 4.74 Å². The molecule has 1 rings (SSSR count). The van der Waals surface area contributed by atoms with E-state index in [0.717, 1.165) is 15.7 Å². The van der Waals surface area contributed by atoms with Gasteiger partial charge in [-0.15, -0.1) is 0 Å². The molecule has 0 heterocycles. The Morgan fingerprint density at radius 1 is 1.67 bits per heavy atom. The van der Waals surface area contributed by atoms with Gasteiger partial charge in [-0.1, -0.05) is 13.0 Å². The van der Waals surface area contributed by atoms with E-state index >= 15 is 0 Å². The smallest absolute Gasteiger partial charge is 0.133 e. The molecule has 0 bridgehead atoms. The molecule has 0 saturated carbocycles. The number of hydrogen-bond acceptors (Lipinski definition) is 1. The van der Waals surface area contributed by atoms with Crippen molar-refractivity contribution in [1.29, 1.82) is 0 Å². The summed E-state index contributed by atoms with van der Waals surface area (Å²) in [5, 5.41) is 0. The van der Waals surface area contributed by atoms with E-state index in [2.05, 4.69) is 42.5 Å². The van der Waals surface area contributed by atoms with E-state index < -0.39 is 0 Å². The molecule has 2 heteroatoms. The number of rotatable bonds is 3. The lowest BCUT2D eigenvalue weighted by atomic mass is 10.3. The first kappa shape index (κ1) is 9.84. The highest BCUT2D eigenvalue weighted by Crippen LogP contribution is 2.20. The fourth-order valence-corrected chi connectivity index (χ4v) is 1.28. The summed E-state index contributed by atoms with van der Waals surface area (Å²) >= 11 is 2.25. The molecule has 1 unspecified atom stereocenters. The lowest BCUT2D eigenvalue weighted by Crippen LogP contribution is -2.10. The summed E-state index contributed by atoms with van der Waals surface area (Å²) in [7, 11) is 0. The lowest BCUT2D eigenvalue weighted by Gasteiger charge is -2.13. The molecule has 1 aromatic carbocycles. The second-order valence-electron chi connectivity index (χ2n) is 2.69. The predicted molar refractivity (Wildman–Crippen MR) is 58.4 cm³/mol.